The maximum atomic E-state index is 8.90. The molecular formula is C17H22IN3. The van der Waals surface area contributed by atoms with Gasteiger partial charge in [-0.1, -0.05) is 11.6 Å². The second-order valence-electron chi connectivity index (χ2n) is 6.57. The number of halogens is 1. The highest BCUT2D eigenvalue weighted by molar-refractivity contribution is 5.86. The van der Waals surface area contributed by atoms with Crippen LogP contribution in [0.2, 0.25) is 0 Å². The van der Waals surface area contributed by atoms with Crippen LogP contribution in [0.5, 0.6) is 0 Å². The number of rotatable bonds is 2. The molecule has 3 rings (SSSR count). The van der Waals surface area contributed by atoms with Gasteiger partial charge in [-0.15, -0.1) is 0 Å². The summed E-state index contributed by atoms with van der Waals surface area (Å²) in [6, 6.07) is 8.99. The molecule has 3 nitrogen and oxygen atoms in total. The first-order valence-electron chi connectivity index (χ1n) is 7.31. The van der Waals surface area contributed by atoms with Crippen molar-refractivity contribution in [1.82, 2.24) is 4.57 Å². The zero-order valence-corrected chi connectivity index (χ0v) is 15.1. The fourth-order valence-corrected chi connectivity index (χ4v) is 3.39. The molecule has 1 aliphatic heterocycles. The van der Waals surface area contributed by atoms with Crippen LogP contribution in [-0.4, -0.2) is 29.7 Å². The third kappa shape index (κ3) is 2.95. The molecule has 0 unspecified atom stereocenters. The van der Waals surface area contributed by atoms with E-state index in [1.54, 1.807) is 0 Å². The van der Waals surface area contributed by atoms with Crippen molar-refractivity contribution in [3.8, 4) is 6.07 Å². The van der Waals surface area contributed by atoms with Gasteiger partial charge in [-0.3, -0.25) is 0 Å². The Morgan fingerprint density at radius 3 is 2.81 bits per heavy atom. The van der Waals surface area contributed by atoms with Gasteiger partial charge >= 0.3 is 0 Å². The molecule has 112 valence electrons. The number of likely N-dealkylation sites (N-methyl/N-ethyl adjacent to an activating group) is 1. The summed E-state index contributed by atoms with van der Waals surface area (Å²) in [5, 5.41) is 10.3. The van der Waals surface area contributed by atoms with Gasteiger partial charge in [0.2, 0.25) is 0 Å². The maximum Gasteiger partial charge on any atom is 0.106 e. The Balaban J connectivity index is 0.00000161. The molecule has 1 aromatic heterocycles. The zero-order valence-electron chi connectivity index (χ0n) is 13.0. The second kappa shape index (κ2) is 5.98. The van der Waals surface area contributed by atoms with Gasteiger partial charge in [0.15, 0.2) is 0 Å². The fraction of sp³-hybridized carbons (Fsp3) is 0.471. The number of aryl methyl sites for hydroxylation is 2. The molecule has 1 aromatic carbocycles. The first-order chi connectivity index (χ1) is 9.52. The van der Waals surface area contributed by atoms with Gasteiger partial charge in [-0.2, -0.15) is 5.26 Å². The SMILES string of the molecule is Cc1ccc2c(c1)c1c(n2CCC#N)CC[N+](C)(C)C1.[I-]. The molecule has 2 aromatic rings. The highest BCUT2D eigenvalue weighted by Crippen LogP contribution is 2.33. The van der Waals surface area contributed by atoms with E-state index in [2.05, 4.69) is 49.9 Å². The number of nitrogens with zero attached hydrogens (tertiary/aromatic N) is 3. The molecular weight excluding hydrogens is 373 g/mol. The lowest BCUT2D eigenvalue weighted by Gasteiger charge is -2.34. The molecule has 0 saturated carbocycles. The van der Waals surface area contributed by atoms with E-state index in [9.17, 15) is 0 Å². The average molecular weight is 395 g/mol. The monoisotopic (exact) mass is 395 g/mol. The van der Waals surface area contributed by atoms with Gasteiger partial charge < -0.3 is 33.0 Å². The molecule has 0 radical (unpaired) electrons. The van der Waals surface area contributed by atoms with Crippen LogP contribution in [0.15, 0.2) is 18.2 Å². The van der Waals surface area contributed by atoms with Crippen LogP contribution in [0.4, 0.5) is 0 Å². The van der Waals surface area contributed by atoms with Crippen molar-refractivity contribution in [2.24, 2.45) is 0 Å². The molecule has 0 saturated heterocycles. The largest absolute Gasteiger partial charge is 1.00 e. The van der Waals surface area contributed by atoms with Crippen LogP contribution >= 0.6 is 0 Å². The first kappa shape index (κ1) is 16.3. The number of fused-ring (bicyclic) bond motifs is 3. The van der Waals surface area contributed by atoms with Crippen molar-refractivity contribution in [1.29, 1.82) is 5.26 Å². The lowest BCUT2D eigenvalue weighted by atomic mass is 10.0. The minimum atomic E-state index is 0. The van der Waals surface area contributed by atoms with Crippen molar-refractivity contribution in [2.45, 2.75) is 32.9 Å². The molecule has 0 aliphatic carbocycles. The number of quaternary nitrogens is 1. The summed E-state index contributed by atoms with van der Waals surface area (Å²) in [7, 11) is 4.61. The van der Waals surface area contributed by atoms with E-state index in [1.165, 1.54) is 34.3 Å². The Labute approximate surface area is 143 Å². The highest BCUT2D eigenvalue weighted by atomic mass is 127. The summed E-state index contributed by atoms with van der Waals surface area (Å²) in [6.07, 6.45) is 1.70. The third-order valence-corrected chi connectivity index (χ3v) is 4.43. The average Bonchev–Trinajstić information content (AvgIpc) is 2.68. The Morgan fingerprint density at radius 1 is 1.33 bits per heavy atom. The van der Waals surface area contributed by atoms with E-state index < -0.39 is 0 Å². The van der Waals surface area contributed by atoms with E-state index >= 15 is 0 Å². The first-order valence-corrected chi connectivity index (χ1v) is 7.31. The molecule has 0 atom stereocenters. The minimum absolute atomic E-state index is 0. The van der Waals surface area contributed by atoms with Crippen LogP contribution < -0.4 is 24.0 Å². The summed E-state index contributed by atoms with van der Waals surface area (Å²) < 4.78 is 3.44. The Hall–Kier alpha value is -1.06. The number of aromatic nitrogens is 1. The molecule has 0 N–H and O–H groups in total. The molecule has 0 spiro atoms. The van der Waals surface area contributed by atoms with Gasteiger partial charge in [0, 0.05) is 35.1 Å². The van der Waals surface area contributed by atoms with Crippen LogP contribution in [0.3, 0.4) is 0 Å². The Bertz CT molecular complexity index is 707. The molecule has 0 fully saturated rings. The number of benzene rings is 1. The highest BCUT2D eigenvalue weighted by Gasteiger charge is 2.29. The number of nitriles is 1. The van der Waals surface area contributed by atoms with Crippen molar-refractivity contribution in [3.05, 3.63) is 35.0 Å². The lowest BCUT2D eigenvalue weighted by molar-refractivity contribution is -0.905. The van der Waals surface area contributed by atoms with Crippen molar-refractivity contribution >= 4 is 10.9 Å². The van der Waals surface area contributed by atoms with Gasteiger partial charge in [0.05, 0.1) is 33.1 Å². The van der Waals surface area contributed by atoms with Crippen LogP contribution in [0, 0.1) is 18.3 Å². The van der Waals surface area contributed by atoms with Crippen molar-refractivity contribution in [3.63, 3.8) is 0 Å². The van der Waals surface area contributed by atoms with Gasteiger partial charge in [0.25, 0.3) is 0 Å². The predicted molar refractivity (Wildman–Crippen MR) is 81.3 cm³/mol. The summed E-state index contributed by atoms with van der Waals surface area (Å²) >= 11 is 0. The zero-order chi connectivity index (χ0) is 14.3. The van der Waals surface area contributed by atoms with E-state index in [4.69, 9.17) is 5.26 Å². The Morgan fingerprint density at radius 2 is 2.10 bits per heavy atom. The van der Waals surface area contributed by atoms with Crippen LogP contribution in [0.1, 0.15) is 23.2 Å². The topological polar surface area (TPSA) is 28.7 Å². The third-order valence-electron chi connectivity index (χ3n) is 4.43. The summed E-state index contributed by atoms with van der Waals surface area (Å²) in [5.74, 6) is 0. The number of hydrogen-bond acceptors (Lipinski definition) is 1. The second-order valence-corrected chi connectivity index (χ2v) is 6.57. The lowest BCUT2D eigenvalue weighted by Crippen LogP contribution is -3.00. The fourth-order valence-electron chi connectivity index (χ4n) is 3.39. The molecule has 4 heteroatoms. The smallest absolute Gasteiger partial charge is 0.106 e. The summed E-state index contributed by atoms with van der Waals surface area (Å²) in [5.41, 5.74) is 5.57. The van der Waals surface area contributed by atoms with E-state index in [0.29, 0.717) is 6.42 Å². The van der Waals surface area contributed by atoms with Gasteiger partial charge in [-0.25, -0.2) is 0 Å². The standard InChI is InChI=1S/C17H22N3.HI/c1-13-5-6-16-14(11-13)15-12-20(2,3)10-7-17(15)19(16)9-4-8-18;/h5-6,11H,4,7,9-10,12H2,1-3H3;1H/q+1;/p-1. The Kier molecular flexibility index (Phi) is 4.64. The van der Waals surface area contributed by atoms with Crippen LogP contribution in [-0.2, 0) is 19.5 Å². The van der Waals surface area contributed by atoms with Gasteiger partial charge in [-0.05, 0) is 19.1 Å². The molecule has 0 bridgehead atoms. The molecule has 0 amide bonds. The quantitative estimate of drug-likeness (QED) is 0.520. The molecule has 2 heterocycles. The maximum absolute atomic E-state index is 8.90. The minimum Gasteiger partial charge on any atom is -1.00 e. The van der Waals surface area contributed by atoms with E-state index in [-0.39, 0.29) is 24.0 Å². The molecule has 1 aliphatic rings. The summed E-state index contributed by atoms with van der Waals surface area (Å²) in [6.45, 7) is 5.24. The molecule has 21 heavy (non-hydrogen) atoms. The predicted octanol–water partition coefficient (Wildman–Crippen LogP) is -0.0001000. The van der Waals surface area contributed by atoms with Crippen molar-refractivity contribution < 1.29 is 28.5 Å². The van der Waals surface area contributed by atoms with E-state index in [0.717, 1.165) is 24.0 Å². The van der Waals surface area contributed by atoms with E-state index in [1.807, 2.05) is 0 Å². The van der Waals surface area contributed by atoms with Crippen molar-refractivity contribution in [2.75, 3.05) is 20.6 Å². The van der Waals surface area contributed by atoms with Gasteiger partial charge in [0.1, 0.15) is 6.54 Å². The van der Waals surface area contributed by atoms with Crippen LogP contribution in [0.25, 0.3) is 10.9 Å². The summed E-state index contributed by atoms with van der Waals surface area (Å²) in [4.78, 5) is 0. The normalized spacial score (nSPS) is 16.1. The number of hydrogen-bond donors (Lipinski definition) is 0.